The Morgan fingerprint density at radius 2 is 2.21 bits per heavy atom. The standard InChI is InChI=1S/C13H21N3O3/c1-4-18-9(3)7-15-12-6-10(11(14)8-16-12)13(17)19-5-2/h6,8-9H,4-5,7,14H2,1-3H3,(H,15,16). The minimum absolute atomic E-state index is 0.0652. The fourth-order valence-corrected chi connectivity index (χ4v) is 1.54. The highest BCUT2D eigenvalue weighted by molar-refractivity contribution is 5.95. The molecule has 6 heteroatoms. The number of nitrogens with zero attached hydrogens (tertiary/aromatic N) is 1. The largest absolute Gasteiger partial charge is 0.462 e. The molecule has 0 amide bonds. The van der Waals surface area contributed by atoms with E-state index < -0.39 is 5.97 Å². The monoisotopic (exact) mass is 267 g/mol. The van der Waals surface area contributed by atoms with Gasteiger partial charge in [0.1, 0.15) is 5.82 Å². The lowest BCUT2D eigenvalue weighted by Gasteiger charge is -2.14. The van der Waals surface area contributed by atoms with Gasteiger partial charge in [-0.25, -0.2) is 9.78 Å². The van der Waals surface area contributed by atoms with Gasteiger partial charge in [-0.1, -0.05) is 0 Å². The Morgan fingerprint density at radius 3 is 2.84 bits per heavy atom. The molecule has 0 spiro atoms. The number of rotatable bonds is 7. The summed E-state index contributed by atoms with van der Waals surface area (Å²) in [4.78, 5) is 15.8. The van der Waals surface area contributed by atoms with E-state index in [1.165, 1.54) is 6.20 Å². The zero-order valence-electron chi connectivity index (χ0n) is 11.6. The number of ether oxygens (including phenoxy) is 2. The molecule has 1 atom stereocenters. The number of carbonyl (C=O) groups is 1. The maximum atomic E-state index is 11.7. The number of anilines is 2. The predicted octanol–water partition coefficient (Wildman–Crippen LogP) is 1.68. The average Bonchev–Trinajstić information content (AvgIpc) is 2.38. The lowest BCUT2D eigenvalue weighted by molar-refractivity contribution is 0.0527. The number of hydrogen-bond acceptors (Lipinski definition) is 6. The van der Waals surface area contributed by atoms with Gasteiger partial charge in [-0.15, -0.1) is 0 Å². The van der Waals surface area contributed by atoms with Crippen molar-refractivity contribution in [3.05, 3.63) is 17.8 Å². The lowest BCUT2D eigenvalue weighted by Crippen LogP contribution is -2.20. The van der Waals surface area contributed by atoms with Crippen LogP contribution in [0.3, 0.4) is 0 Å². The third-order valence-electron chi connectivity index (χ3n) is 2.45. The van der Waals surface area contributed by atoms with E-state index in [1.807, 2.05) is 13.8 Å². The summed E-state index contributed by atoms with van der Waals surface area (Å²) in [5, 5.41) is 3.09. The molecule has 3 N–H and O–H groups in total. The molecule has 0 aliphatic heterocycles. The molecular weight excluding hydrogens is 246 g/mol. The molecule has 1 heterocycles. The van der Waals surface area contributed by atoms with Crippen LogP contribution in [0.4, 0.5) is 11.5 Å². The van der Waals surface area contributed by atoms with Crippen LogP contribution in [-0.2, 0) is 9.47 Å². The maximum Gasteiger partial charge on any atom is 0.340 e. The summed E-state index contributed by atoms with van der Waals surface area (Å²) >= 11 is 0. The van der Waals surface area contributed by atoms with Gasteiger partial charge in [0.05, 0.1) is 30.2 Å². The van der Waals surface area contributed by atoms with Crippen molar-refractivity contribution in [2.75, 3.05) is 30.8 Å². The van der Waals surface area contributed by atoms with Gasteiger partial charge >= 0.3 is 5.97 Å². The highest BCUT2D eigenvalue weighted by atomic mass is 16.5. The second-order valence-electron chi connectivity index (χ2n) is 4.02. The number of hydrogen-bond donors (Lipinski definition) is 2. The van der Waals surface area contributed by atoms with Crippen molar-refractivity contribution in [3.63, 3.8) is 0 Å². The van der Waals surface area contributed by atoms with Crippen molar-refractivity contribution in [1.82, 2.24) is 4.98 Å². The Bertz CT molecular complexity index is 424. The smallest absolute Gasteiger partial charge is 0.340 e. The Kier molecular flexibility index (Phi) is 6.08. The van der Waals surface area contributed by atoms with Gasteiger partial charge in [0.25, 0.3) is 0 Å². The van der Waals surface area contributed by atoms with Crippen molar-refractivity contribution in [1.29, 1.82) is 0 Å². The SMILES string of the molecule is CCOC(=O)c1cc(NCC(C)OCC)ncc1N. The summed E-state index contributed by atoms with van der Waals surface area (Å²) in [6.45, 7) is 7.22. The number of pyridine rings is 1. The van der Waals surface area contributed by atoms with Crippen LogP contribution in [0.25, 0.3) is 0 Å². The Morgan fingerprint density at radius 1 is 1.47 bits per heavy atom. The van der Waals surface area contributed by atoms with Crippen LogP contribution >= 0.6 is 0 Å². The number of carbonyl (C=O) groups excluding carboxylic acids is 1. The Hall–Kier alpha value is -1.82. The van der Waals surface area contributed by atoms with E-state index in [-0.39, 0.29) is 6.10 Å². The van der Waals surface area contributed by atoms with Crippen LogP contribution in [0.5, 0.6) is 0 Å². The van der Waals surface area contributed by atoms with Crippen molar-refractivity contribution in [2.45, 2.75) is 26.9 Å². The minimum Gasteiger partial charge on any atom is -0.462 e. The third kappa shape index (κ3) is 4.75. The molecule has 1 rings (SSSR count). The first kappa shape index (κ1) is 15.2. The van der Waals surface area contributed by atoms with Gasteiger partial charge < -0.3 is 20.5 Å². The Balaban J connectivity index is 2.70. The van der Waals surface area contributed by atoms with E-state index in [2.05, 4.69) is 10.3 Å². The third-order valence-corrected chi connectivity index (χ3v) is 2.45. The van der Waals surface area contributed by atoms with E-state index in [9.17, 15) is 4.79 Å². The van der Waals surface area contributed by atoms with Gasteiger partial charge in [-0.3, -0.25) is 0 Å². The van der Waals surface area contributed by atoms with E-state index in [0.717, 1.165) is 0 Å². The van der Waals surface area contributed by atoms with Crippen LogP contribution in [-0.4, -0.2) is 36.8 Å². The summed E-state index contributed by atoms with van der Waals surface area (Å²) in [7, 11) is 0. The molecule has 1 aromatic rings. The second-order valence-corrected chi connectivity index (χ2v) is 4.02. The molecule has 0 saturated heterocycles. The zero-order chi connectivity index (χ0) is 14.3. The molecule has 1 unspecified atom stereocenters. The van der Waals surface area contributed by atoms with E-state index in [4.69, 9.17) is 15.2 Å². The number of nitrogens with two attached hydrogens (primary N) is 1. The molecular formula is C13H21N3O3. The quantitative estimate of drug-likeness (QED) is 0.731. The van der Waals surface area contributed by atoms with Gasteiger partial charge in [0.15, 0.2) is 0 Å². The first-order valence-corrected chi connectivity index (χ1v) is 6.36. The van der Waals surface area contributed by atoms with Crippen molar-refractivity contribution in [2.24, 2.45) is 0 Å². The molecule has 0 aliphatic carbocycles. The molecule has 0 aromatic carbocycles. The normalized spacial score (nSPS) is 11.9. The van der Waals surface area contributed by atoms with Gasteiger partial charge in [-0.05, 0) is 26.8 Å². The van der Waals surface area contributed by atoms with E-state index in [1.54, 1.807) is 13.0 Å². The van der Waals surface area contributed by atoms with Crippen molar-refractivity contribution >= 4 is 17.5 Å². The lowest BCUT2D eigenvalue weighted by atomic mass is 10.2. The summed E-state index contributed by atoms with van der Waals surface area (Å²) < 4.78 is 10.3. The molecule has 0 radical (unpaired) electrons. The first-order chi connectivity index (χ1) is 9.08. The Labute approximate surface area is 113 Å². The summed E-state index contributed by atoms with van der Waals surface area (Å²) in [6.07, 6.45) is 1.51. The van der Waals surface area contributed by atoms with E-state index >= 15 is 0 Å². The number of nitrogens with one attached hydrogen (secondary N) is 1. The van der Waals surface area contributed by atoms with Crippen LogP contribution in [0.1, 0.15) is 31.1 Å². The predicted molar refractivity (Wildman–Crippen MR) is 74.2 cm³/mol. The second kappa shape index (κ2) is 7.58. The summed E-state index contributed by atoms with van der Waals surface area (Å²) in [5.41, 5.74) is 6.34. The fraction of sp³-hybridized carbons (Fsp3) is 0.538. The fourth-order valence-electron chi connectivity index (χ4n) is 1.54. The first-order valence-electron chi connectivity index (χ1n) is 6.36. The zero-order valence-corrected chi connectivity index (χ0v) is 11.6. The highest BCUT2D eigenvalue weighted by Crippen LogP contribution is 2.16. The summed E-state index contributed by atoms with van der Waals surface area (Å²) in [6, 6.07) is 1.59. The van der Waals surface area contributed by atoms with Crippen LogP contribution in [0, 0.1) is 0 Å². The summed E-state index contributed by atoms with van der Waals surface area (Å²) in [5.74, 6) is 0.132. The van der Waals surface area contributed by atoms with Crippen molar-refractivity contribution in [3.8, 4) is 0 Å². The van der Waals surface area contributed by atoms with Gasteiger partial charge in [0.2, 0.25) is 0 Å². The van der Waals surface area contributed by atoms with Gasteiger partial charge in [-0.2, -0.15) is 0 Å². The molecule has 106 valence electrons. The number of esters is 1. The molecule has 1 aromatic heterocycles. The minimum atomic E-state index is -0.441. The van der Waals surface area contributed by atoms with Crippen LogP contribution < -0.4 is 11.1 Å². The topological polar surface area (TPSA) is 86.5 Å². The van der Waals surface area contributed by atoms with E-state index in [0.29, 0.717) is 36.8 Å². The molecule has 0 bridgehead atoms. The molecule has 0 aliphatic rings. The molecule has 0 fully saturated rings. The van der Waals surface area contributed by atoms with Crippen LogP contribution in [0.15, 0.2) is 12.3 Å². The highest BCUT2D eigenvalue weighted by Gasteiger charge is 2.12. The molecule has 0 saturated carbocycles. The maximum absolute atomic E-state index is 11.7. The van der Waals surface area contributed by atoms with Gasteiger partial charge in [0, 0.05) is 13.2 Å². The molecule has 6 nitrogen and oxygen atoms in total. The number of nitrogen functional groups attached to an aromatic ring is 1. The molecule has 19 heavy (non-hydrogen) atoms. The van der Waals surface area contributed by atoms with Crippen molar-refractivity contribution < 1.29 is 14.3 Å². The average molecular weight is 267 g/mol. The number of aromatic nitrogens is 1. The van der Waals surface area contributed by atoms with Crippen LogP contribution in [0.2, 0.25) is 0 Å².